The van der Waals surface area contributed by atoms with Crippen LogP contribution in [0.5, 0.6) is 0 Å². The Bertz CT molecular complexity index is 1500. The monoisotopic (exact) mass is 573 g/mol. The molecular formula is C31H32F5NO2Si. The molecular weight excluding hydrogens is 541 g/mol. The summed E-state index contributed by atoms with van der Waals surface area (Å²) in [5.41, 5.74) is -2.98. The molecule has 0 saturated carbocycles. The Balaban J connectivity index is 2.05. The highest BCUT2D eigenvalue weighted by atomic mass is 28.4. The lowest BCUT2D eigenvalue weighted by molar-refractivity contribution is -0.142. The van der Waals surface area contributed by atoms with Gasteiger partial charge in [-0.15, -0.1) is 0 Å². The first-order valence-electron chi connectivity index (χ1n) is 12.9. The Kier molecular flexibility index (Phi) is 8.22. The Hall–Kier alpha value is -3.14. The molecule has 40 heavy (non-hydrogen) atoms. The van der Waals surface area contributed by atoms with Crippen molar-refractivity contribution in [3.8, 4) is 11.1 Å². The van der Waals surface area contributed by atoms with Crippen LogP contribution in [0.25, 0.3) is 21.9 Å². The maximum Gasteiger partial charge on any atom is 0.433 e. The molecule has 4 aromatic rings. The third-order valence-electron chi connectivity index (χ3n) is 7.65. The smallest absolute Gasteiger partial charge is 0.412 e. The average Bonchev–Trinajstić information content (AvgIpc) is 2.89. The highest BCUT2D eigenvalue weighted by Gasteiger charge is 2.43. The van der Waals surface area contributed by atoms with E-state index >= 15 is 0 Å². The zero-order chi connectivity index (χ0) is 29.5. The molecule has 1 aromatic heterocycles. The molecule has 0 fully saturated rings. The van der Waals surface area contributed by atoms with Crippen molar-refractivity contribution in [2.45, 2.75) is 64.2 Å². The van der Waals surface area contributed by atoms with Crippen molar-refractivity contribution in [1.82, 2.24) is 4.98 Å². The second kappa shape index (κ2) is 11.0. The highest BCUT2D eigenvalue weighted by Crippen LogP contribution is 2.46. The number of rotatable bonds is 7. The molecule has 3 aromatic carbocycles. The van der Waals surface area contributed by atoms with Gasteiger partial charge in [0.05, 0.1) is 6.61 Å². The van der Waals surface area contributed by atoms with Crippen molar-refractivity contribution in [2.75, 3.05) is 0 Å². The molecule has 1 atom stereocenters. The first kappa shape index (κ1) is 29.8. The summed E-state index contributed by atoms with van der Waals surface area (Å²) in [6.45, 7) is 9.42. The third kappa shape index (κ3) is 5.96. The molecule has 3 nitrogen and oxygen atoms in total. The molecule has 1 heterocycles. The van der Waals surface area contributed by atoms with E-state index in [4.69, 9.17) is 4.43 Å². The Morgan fingerprint density at radius 1 is 0.875 bits per heavy atom. The summed E-state index contributed by atoms with van der Waals surface area (Å²) in [6.07, 6.45) is -10.2. The molecule has 0 amide bonds. The first-order chi connectivity index (χ1) is 18.6. The van der Waals surface area contributed by atoms with Gasteiger partial charge < -0.3 is 9.53 Å². The summed E-state index contributed by atoms with van der Waals surface area (Å²) in [5.74, 6) is 0. The molecule has 0 aliphatic heterocycles. The third-order valence-corrected chi connectivity index (χ3v) is 12.1. The summed E-state index contributed by atoms with van der Waals surface area (Å²) in [7, 11) is -2.52. The lowest BCUT2D eigenvalue weighted by Crippen LogP contribution is -2.40. The second-order valence-electron chi connectivity index (χ2n) is 11.3. The van der Waals surface area contributed by atoms with Gasteiger partial charge in [-0.1, -0.05) is 87.5 Å². The van der Waals surface area contributed by atoms with Crippen LogP contribution in [0.2, 0.25) is 18.1 Å². The van der Waals surface area contributed by atoms with E-state index < -0.39 is 44.0 Å². The molecule has 0 radical (unpaired) electrons. The number of alkyl halides is 5. The van der Waals surface area contributed by atoms with E-state index in [0.29, 0.717) is 5.39 Å². The fourth-order valence-corrected chi connectivity index (χ4v) is 5.35. The van der Waals surface area contributed by atoms with Gasteiger partial charge in [-0.2, -0.15) is 13.2 Å². The lowest BCUT2D eigenvalue weighted by Gasteiger charge is -2.37. The van der Waals surface area contributed by atoms with Gasteiger partial charge in [0.15, 0.2) is 14.0 Å². The highest BCUT2D eigenvalue weighted by molar-refractivity contribution is 6.74. The van der Waals surface area contributed by atoms with Crippen LogP contribution in [0.15, 0.2) is 72.8 Å². The topological polar surface area (TPSA) is 42.4 Å². The number of aliphatic hydroxyl groups is 1. The number of aromatic nitrogens is 1. The summed E-state index contributed by atoms with van der Waals surface area (Å²) < 4.78 is 78.7. The number of hydrogen-bond acceptors (Lipinski definition) is 3. The predicted octanol–water partition coefficient (Wildman–Crippen LogP) is 9.46. The SMILES string of the molecule is CC(C)(C)[Si](C)(C)OCc1c(C(F)F)nc(C(F)(F)F)c(C(O)c2ccc3ccccc3c2)c1-c1ccccc1. The van der Waals surface area contributed by atoms with Crippen LogP contribution in [0.1, 0.15) is 61.4 Å². The lowest BCUT2D eigenvalue weighted by atomic mass is 9.87. The van der Waals surface area contributed by atoms with E-state index in [9.17, 15) is 27.1 Å². The number of hydrogen-bond donors (Lipinski definition) is 1. The Morgan fingerprint density at radius 3 is 2.05 bits per heavy atom. The number of halogens is 5. The predicted molar refractivity (Wildman–Crippen MR) is 150 cm³/mol. The number of nitrogens with zero attached hydrogens (tertiary/aromatic N) is 1. The van der Waals surface area contributed by atoms with Crippen molar-refractivity contribution in [1.29, 1.82) is 0 Å². The summed E-state index contributed by atoms with van der Waals surface area (Å²) in [5, 5.41) is 12.9. The molecule has 0 aliphatic carbocycles. The van der Waals surface area contributed by atoms with E-state index in [2.05, 4.69) is 4.98 Å². The van der Waals surface area contributed by atoms with E-state index in [1.54, 1.807) is 42.5 Å². The van der Waals surface area contributed by atoms with Crippen LogP contribution in [0.4, 0.5) is 22.0 Å². The minimum Gasteiger partial charge on any atom is -0.412 e. The van der Waals surface area contributed by atoms with Gasteiger partial charge in [0.25, 0.3) is 6.43 Å². The minimum atomic E-state index is -5.11. The van der Waals surface area contributed by atoms with Crippen molar-refractivity contribution in [2.24, 2.45) is 0 Å². The quantitative estimate of drug-likeness (QED) is 0.177. The number of benzene rings is 3. The molecule has 4 rings (SSSR count). The number of pyridine rings is 1. The molecule has 0 bridgehead atoms. The van der Waals surface area contributed by atoms with E-state index in [0.717, 1.165) is 5.39 Å². The fourth-order valence-electron chi connectivity index (χ4n) is 4.41. The standard InChI is InChI=1S/C31H32F5NO2Si/c1-30(2,3)40(4,5)39-18-23-24(20-12-7-6-8-13-20)25(28(31(34,35)36)37-26(23)29(32)33)27(38)22-16-15-19-11-9-10-14-21(19)17-22/h6-17,27,29,38H,18H2,1-5H3. The van der Waals surface area contributed by atoms with E-state index in [1.165, 1.54) is 18.2 Å². The van der Waals surface area contributed by atoms with Crippen LogP contribution in [0, 0.1) is 0 Å². The molecule has 212 valence electrons. The van der Waals surface area contributed by atoms with Gasteiger partial charge in [0.1, 0.15) is 11.8 Å². The van der Waals surface area contributed by atoms with Gasteiger partial charge in [-0.25, -0.2) is 13.8 Å². The van der Waals surface area contributed by atoms with Gasteiger partial charge in [-0.3, -0.25) is 0 Å². The zero-order valence-corrected chi connectivity index (χ0v) is 24.0. The van der Waals surface area contributed by atoms with Crippen LogP contribution in [-0.2, 0) is 17.2 Å². The summed E-state index contributed by atoms with van der Waals surface area (Å²) in [4.78, 5) is 3.50. The van der Waals surface area contributed by atoms with Gasteiger partial charge in [0.2, 0.25) is 0 Å². The number of fused-ring (bicyclic) bond motifs is 1. The maximum atomic E-state index is 14.5. The Morgan fingerprint density at radius 2 is 1.48 bits per heavy atom. The average molecular weight is 574 g/mol. The van der Waals surface area contributed by atoms with E-state index in [1.807, 2.05) is 46.0 Å². The first-order valence-corrected chi connectivity index (χ1v) is 15.8. The normalized spacial score (nSPS) is 13.7. The maximum absolute atomic E-state index is 14.5. The van der Waals surface area contributed by atoms with Crippen molar-refractivity contribution < 1.29 is 31.5 Å². The number of aliphatic hydroxyl groups excluding tert-OH is 1. The molecule has 9 heteroatoms. The van der Waals surface area contributed by atoms with Crippen LogP contribution in [0.3, 0.4) is 0 Å². The molecule has 0 spiro atoms. The van der Waals surface area contributed by atoms with Crippen LogP contribution >= 0.6 is 0 Å². The van der Waals surface area contributed by atoms with Crippen molar-refractivity contribution in [3.05, 3.63) is 101 Å². The molecule has 0 aliphatic rings. The van der Waals surface area contributed by atoms with Gasteiger partial charge >= 0.3 is 6.18 Å². The van der Waals surface area contributed by atoms with Crippen LogP contribution in [-0.4, -0.2) is 18.4 Å². The zero-order valence-electron chi connectivity index (χ0n) is 23.0. The van der Waals surface area contributed by atoms with Gasteiger partial charge in [0, 0.05) is 11.1 Å². The van der Waals surface area contributed by atoms with Crippen LogP contribution < -0.4 is 0 Å². The molecule has 1 unspecified atom stereocenters. The molecule has 0 saturated heterocycles. The molecule has 1 N–H and O–H groups in total. The minimum absolute atomic E-state index is 0.141. The summed E-state index contributed by atoms with van der Waals surface area (Å²) in [6, 6.07) is 20.0. The van der Waals surface area contributed by atoms with E-state index in [-0.39, 0.29) is 33.9 Å². The van der Waals surface area contributed by atoms with Crippen molar-refractivity contribution >= 4 is 19.1 Å². The Labute approximate surface area is 231 Å². The van der Waals surface area contributed by atoms with Gasteiger partial charge in [-0.05, 0) is 51.7 Å². The largest absolute Gasteiger partial charge is 0.433 e. The van der Waals surface area contributed by atoms with Crippen molar-refractivity contribution in [3.63, 3.8) is 0 Å². The fraction of sp³-hybridized carbons (Fsp3) is 0.323. The summed E-state index contributed by atoms with van der Waals surface area (Å²) >= 11 is 0. The second-order valence-corrected chi connectivity index (χ2v) is 16.1.